The second-order valence-corrected chi connectivity index (χ2v) is 7.20. The highest BCUT2D eigenvalue weighted by Crippen LogP contribution is 2.34. The standard InChI is InChI=1S/C18H11BrCl3NO2/c19-18-11-4-2-1-3-10(11)5-6-16(18)25-9-17(24)23-15-8-13(21)12(20)7-14(15)22/h1-8H,9H2,(H,23,24). The molecule has 3 nitrogen and oxygen atoms in total. The second-order valence-electron chi connectivity index (χ2n) is 5.18. The Morgan fingerprint density at radius 3 is 2.52 bits per heavy atom. The van der Waals surface area contributed by atoms with Gasteiger partial charge in [0.25, 0.3) is 5.91 Å². The van der Waals surface area contributed by atoms with Crippen LogP contribution in [0.25, 0.3) is 10.8 Å². The van der Waals surface area contributed by atoms with Crippen LogP contribution in [0.1, 0.15) is 0 Å². The molecule has 0 aliphatic carbocycles. The number of hydrogen-bond donors (Lipinski definition) is 1. The number of nitrogens with one attached hydrogen (secondary N) is 1. The number of fused-ring (bicyclic) bond motifs is 1. The van der Waals surface area contributed by atoms with E-state index in [9.17, 15) is 4.79 Å². The van der Waals surface area contributed by atoms with Crippen molar-refractivity contribution in [1.29, 1.82) is 0 Å². The van der Waals surface area contributed by atoms with Gasteiger partial charge in [-0.25, -0.2) is 0 Å². The monoisotopic (exact) mass is 457 g/mol. The molecule has 0 spiro atoms. The summed E-state index contributed by atoms with van der Waals surface area (Å²) >= 11 is 21.4. The number of carbonyl (C=O) groups is 1. The molecule has 0 unspecified atom stereocenters. The van der Waals surface area contributed by atoms with Gasteiger partial charge in [0.2, 0.25) is 0 Å². The van der Waals surface area contributed by atoms with Crippen molar-refractivity contribution in [2.45, 2.75) is 0 Å². The summed E-state index contributed by atoms with van der Waals surface area (Å²) in [7, 11) is 0. The van der Waals surface area contributed by atoms with E-state index in [2.05, 4.69) is 21.2 Å². The molecular weight excluding hydrogens is 448 g/mol. The van der Waals surface area contributed by atoms with Crippen molar-refractivity contribution in [2.75, 3.05) is 11.9 Å². The quantitative estimate of drug-likeness (QED) is 0.448. The van der Waals surface area contributed by atoms with Crippen LogP contribution in [0.2, 0.25) is 15.1 Å². The molecule has 25 heavy (non-hydrogen) atoms. The Balaban J connectivity index is 1.71. The molecule has 128 valence electrons. The molecule has 0 atom stereocenters. The zero-order valence-electron chi connectivity index (χ0n) is 12.7. The largest absolute Gasteiger partial charge is 0.483 e. The van der Waals surface area contributed by atoms with Gasteiger partial charge in [-0.05, 0) is 44.9 Å². The lowest BCUT2D eigenvalue weighted by atomic mass is 10.1. The minimum Gasteiger partial charge on any atom is -0.483 e. The molecule has 0 aliphatic heterocycles. The van der Waals surface area contributed by atoms with Gasteiger partial charge in [-0.3, -0.25) is 4.79 Å². The summed E-state index contributed by atoms with van der Waals surface area (Å²) in [4.78, 5) is 12.1. The lowest BCUT2D eigenvalue weighted by Crippen LogP contribution is -2.20. The van der Waals surface area contributed by atoms with Crippen LogP contribution in [-0.4, -0.2) is 12.5 Å². The van der Waals surface area contributed by atoms with Gasteiger partial charge in [0.1, 0.15) is 5.75 Å². The first-order valence-corrected chi connectivity index (χ1v) is 9.13. The highest BCUT2D eigenvalue weighted by atomic mass is 79.9. The van der Waals surface area contributed by atoms with E-state index in [-0.39, 0.29) is 12.5 Å². The van der Waals surface area contributed by atoms with Crippen molar-refractivity contribution in [3.05, 3.63) is 68.1 Å². The molecule has 0 saturated heterocycles. The molecule has 0 radical (unpaired) electrons. The molecule has 3 aromatic rings. The molecule has 3 rings (SSSR count). The summed E-state index contributed by atoms with van der Waals surface area (Å²) in [6.45, 7) is -0.173. The van der Waals surface area contributed by atoms with Gasteiger partial charge >= 0.3 is 0 Å². The maximum atomic E-state index is 12.1. The van der Waals surface area contributed by atoms with Crippen LogP contribution in [0.4, 0.5) is 5.69 Å². The first-order chi connectivity index (χ1) is 12.0. The van der Waals surface area contributed by atoms with Gasteiger partial charge in [0.05, 0.1) is 25.2 Å². The summed E-state index contributed by atoms with van der Waals surface area (Å²) in [5.74, 6) is 0.217. The third kappa shape index (κ3) is 4.21. The molecule has 1 N–H and O–H groups in total. The van der Waals surface area contributed by atoms with E-state index < -0.39 is 0 Å². The molecule has 0 fully saturated rings. The first kappa shape index (κ1) is 18.3. The lowest BCUT2D eigenvalue weighted by molar-refractivity contribution is -0.118. The first-order valence-electron chi connectivity index (χ1n) is 7.20. The zero-order valence-corrected chi connectivity index (χ0v) is 16.5. The van der Waals surface area contributed by atoms with Crippen molar-refractivity contribution in [3.8, 4) is 5.75 Å². The molecule has 0 aromatic heterocycles. The predicted octanol–water partition coefficient (Wildman–Crippen LogP) is 6.58. The van der Waals surface area contributed by atoms with Crippen molar-refractivity contribution in [1.82, 2.24) is 0 Å². The van der Waals surface area contributed by atoms with E-state index in [4.69, 9.17) is 39.5 Å². The molecule has 0 heterocycles. The summed E-state index contributed by atoms with van der Waals surface area (Å²) in [5, 5.41) is 5.66. The Morgan fingerprint density at radius 1 is 1.00 bits per heavy atom. The van der Waals surface area contributed by atoms with Crippen LogP contribution in [0.3, 0.4) is 0 Å². The van der Waals surface area contributed by atoms with E-state index >= 15 is 0 Å². The number of hydrogen-bond acceptors (Lipinski definition) is 2. The van der Waals surface area contributed by atoms with Gasteiger partial charge < -0.3 is 10.1 Å². The normalized spacial score (nSPS) is 10.7. The third-order valence-corrected chi connectivity index (χ3v) is 5.32. The minimum absolute atomic E-state index is 0.173. The van der Waals surface area contributed by atoms with E-state index in [0.29, 0.717) is 26.5 Å². The lowest BCUT2D eigenvalue weighted by Gasteiger charge is -2.12. The average molecular weight is 460 g/mol. The molecule has 1 amide bonds. The number of benzene rings is 3. The highest BCUT2D eigenvalue weighted by Gasteiger charge is 2.12. The van der Waals surface area contributed by atoms with Crippen molar-refractivity contribution >= 4 is 73.1 Å². The van der Waals surface area contributed by atoms with Gasteiger partial charge in [-0.2, -0.15) is 0 Å². The number of anilines is 1. The van der Waals surface area contributed by atoms with Gasteiger partial charge in [0, 0.05) is 0 Å². The molecule has 7 heteroatoms. The van der Waals surface area contributed by atoms with Crippen LogP contribution in [-0.2, 0) is 4.79 Å². The fourth-order valence-corrected chi connectivity index (χ4v) is 3.47. The summed E-state index contributed by atoms with van der Waals surface area (Å²) in [6, 6.07) is 14.6. The van der Waals surface area contributed by atoms with Gasteiger partial charge in [-0.1, -0.05) is 65.1 Å². The maximum absolute atomic E-state index is 12.1. The Morgan fingerprint density at radius 2 is 1.72 bits per heavy atom. The number of amides is 1. The van der Waals surface area contributed by atoms with Crippen molar-refractivity contribution in [3.63, 3.8) is 0 Å². The van der Waals surface area contributed by atoms with E-state index in [1.807, 2.05) is 36.4 Å². The Bertz CT molecular complexity index is 962. The summed E-state index contributed by atoms with van der Waals surface area (Å²) < 4.78 is 6.41. The zero-order chi connectivity index (χ0) is 18.0. The molecule has 0 saturated carbocycles. The Kier molecular flexibility index (Phi) is 5.74. The number of carbonyl (C=O) groups excluding carboxylic acids is 1. The molecule has 0 aliphatic rings. The fourth-order valence-electron chi connectivity index (χ4n) is 2.27. The molecule has 0 bridgehead atoms. The van der Waals surface area contributed by atoms with Crippen molar-refractivity contribution < 1.29 is 9.53 Å². The maximum Gasteiger partial charge on any atom is 0.262 e. The van der Waals surface area contributed by atoms with E-state index in [0.717, 1.165) is 15.2 Å². The minimum atomic E-state index is -0.361. The highest BCUT2D eigenvalue weighted by molar-refractivity contribution is 9.10. The van der Waals surface area contributed by atoms with E-state index in [1.165, 1.54) is 12.1 Å². The fraction of sp³-hybridized carbons (Fsp3) is 0.0556. The summed E-state index contributed by atoms with van der Waals surface area (Å²) in [6.07, 6.45) is 0. The summed E-state index contributed by atoms with van der Waals surface area (Å²) in [5.41, 5.74) is 0.377. The van der Waals surface area contributed by atoms with Crippen LogP contribution in [0.15, 0.2) is 53.0 Å². The number of rotatable bonds is 4. The smallest absolute Gasteiger partial charge is 0.262 e. The second kappa shape index (κ2) is 7.83. The Labute approximate surface area is 168 Å². The number of ether oxygens (including phenoxy) is 1. The SMILES string of the molecule is O=C(COc1ccc2ccccc2c1Br)Nc1cc(Cl)c(Cl)cc1Cl. The Hall–Kier alpha value is -1.46. The van der Waals surface area contributed by atoms with E-state index in [1.54, 1.807) is 0 Å². The van der Waals surface area contributed by atoms with Gasteiger partial charge in [0.15, 0.2) is 6.61 Å². The van der Waals surface area contributed by atoms with Crippen LogP contribution in [0.5, 0.6) is 5.75 Å². The van der Waals surface area contributed by atoms with Crippen LogP contribution >= 0.6 is 50.7 Å². The average Bonchev–Trinajstić information content (AvgIpc) is 2.59. The predicted molar refractivity (Wildman–Crippen MR) is 107 cm³/mol. The molecular formula is C18H11BrCl3NO2. The third-order valence-electron chi connectivity index (χ3n) is 3.47. The van der Waals surface area contributed by atoms with Crippen LogP contribution in [0, 0.1) is 0 Å². The number of halogens is 4. The van der Waals surface area contributed by atoms with Crippen molar-refractivity contribution in [2.24, 2.45) is 0 Å². The van der Waals surface area contributed by atoms with Gasteiger partial charge in [-0.15, -0.1) is 0 Å². The molecule has 3 aromatic carbocycles. The van der Waals surface area contributed by atoms with Crippen LogP contribution < -0.4 is 10.1 Å². The topological polar surface area (TPSA) is 38.3 Å².